The van der Waals surface area contributed by atoms with Gasteiger partial charge in [0, 0.05) is 37.1 Å². The number of aliphatic imine (C=N–C) groups is 1. The highest BCUT2D eigenvalue weighted by Gasteiger charge is 2.10. The van der Waals surface area contributed by atoms with Crippen molar-refractivity contribution in [2.75, 3.05) is 11.9 Å². The van der Waals surface area contributed by atoms with Crippen LogP contribution < -0.4 is 16.0 Å². The van der Waals surface area contributed by atoms with Crippen molar-refractivity contribution in [2.45, 2.75) is 46.8 Å². The lowest BCUT2D eigenvalue weighted by Gasteiger charge is -2.14. The molecule has 2 aromatic carbocycles. The third-order valence-corrected chi connectivity index (χ3v) is 5.47. The van der Waals surface area contributed by atoms with E-state index < -0.39 is 0 Å². The van der Waals surface area contributed by atoms with Crippen LogP contribution in [0.2, 0.25) is 0 Å². The molecule has 1 unspecified atom stereocenters. The Morgan fingerprint density at radius 2 is 1.85 bits per heavy atom. The molecule has 1 amide bonds. The first kappa shape index (κ1) is 27.4. The van der Waals surface area contributed by atoms with Gasteiger partial charge in [-0.3, -0.25) is 9.48 Å². The maximum absolute atomic E-state index is 12.2. The lowest BCUT2D eigenvalue weighted by atomic mass is 10.1. The molecule has 7 nitrogen and oxygen atoms in total. The summed E-state index contributed by atoms with van der Waals surface area (Å²) in [6.45, 7) is 8.67. The monoisotopic (exact) mass is 574 g/mol. The lowest BCUT2D eigenvalue weighted by molar-refractivity contribution is -0.119. The van der Waals surface area contributed by atoms with Gasteiger partial charge in [0.2, 0.25) is 5.91 Å². The molecule has 34 heavy (non-hydrogen) atoms. The Bertz CT molecular complexity index is 1050. The summed E-state index contributed by atoms with van der Waals surface area (Å²) in [7, 11) is 0. The minimum Gasteiger partial charge on any atom is -0.357 e. The van der Waals surface area contributed by atoms with Crippen molar-refractivity contribution < 1.29 is 4.79 Å². The number of halogens is 1. The van der Waals surface area contributed by atoms with Crippen molar-refractivity contribution >= 4 is 41.5 Å². The fraction of sp³-hybridized carbons (Fsp3) is 0.346. The van der Waals surface area contributed by atoms with E-state index in [0.29, 0.717) is 13.1 Å². The van der Waals surface area contributed by atoms with Crippen molar-refractivity contribution in [1.29, 1.82) is 0 Å². The first-order valence-corrected chi connectivity index (χ1v) is 11.5. The van der Waals surface area contributed by atoms with E-state index in [4.69, 9.17) is 4.99 Å². The van der Waals surface area contributed by atoms with Crippen molar-refractivity contribution in [1.82, 2.24) is 20.4 Å². The molecule has 3 aromatic rings. The summed E-state index contributed by atoms with van der Waals surface area (Å²) >= 11 is 0. The number of carbonyl (C=O) groups is 1. The van der Waals surface area contributed by atoms with E-state index in [1.165, 1.54) is 11.1 Å². The summed E-state index contributed by atoms with van der Waals surface area (Å²) in [4.78, 5) is 16.9. The smallest absolute Gasteiger partial charge is 0.227 e. The van der Waals surface area contributed by atoms with Crippen LogP contribution in [0.25, 0.3) is 0 Å². The van der Waals surface area contributed by atoms with Gasteiger partial charge >= 0.3 is 0 Å². The van der Waals surface area contributed by atoms with Crippen LogP contribution in [0.4, 0.5) is 5.69 Å². The Hall–Kier alpha value is -2.88. The number of amides is 1. The number of aromatic nitrogens is 2. The molecule has 3 rings (SSSR count). The molecule has 0 aliphatic heterocycles. The molecule has 0 aliphatic rings. The van der Waals surface area contributed by atoms with Crippen LogP contribution in [0.1, 0.15) is 43.9 Å². The highest BCUT2D eigenvalue weighted by molar-refractivity contribution is 14.0. The van der Waals surface area contributed by atoms with Gasteiger partial charge in [-0.25, -0.2) is 4.99 Å². The highest BCUT2D eigenvalue weighted by atomic mass is 127. The van der Waals surface area contributed by atoms with Gasteiger partial charge in [-0.2, -0.15) is 5.10 Å². The molecule has 0 saturated heterocycles. The standard InChI is InChI=1S/C26H34N6O.HI/c1-4-20(3)25(33)31-24-13-8-10-21(16-24)17-28-26(27-5-2)29-18-22-11-6-7-12-23(22)19-32-15-9-14-30-32;/h6-16,20H,4-5,17-19H2,1-3H3,(H,31,33)(H2,27,28,29);1H. The van der Waals surface area contributed by atoms with Gasteiger partial charge in [-0.05, 0) is 48.2 Å². The van der Waals surface area contributed by atoms with E-state index in [-0.39, 0.29) is 35.8 Å². The molecule has 0 bridgehead atoms. The number of anilines is 1. The largest absolute Gasteiger partial charge is 0.357 e. The minimum absolute atomic E-state index is 0. The van der Waals surface area contributed by atoms with Crippen LogP contribution in [0, 0.1) is 5.92 Å². The molecule has 0 spiro atoms. The maximum atomic E-state index is 12.2. The topological polar surface area (TPSA) is 83.3 Å². The van der Waals surface area contributed by atoms with E-state index in [1.807, 2.05) is 68.0 Å². The number of rotatable bonds is 10. The zero-order valence-corrected chi connectivity index (χ0v) is 22.5. The second-order valence-corrected chi connectivity index (χ2v) is 8.02. The van der Waals surface area contributed by atoms with Crippen LogP contribution >= 0.6 is 24.0 Å². The van der Waals surface area contributed by atoms with Gasteiger partial charge in [0.1, 0.15) is 0 Å². The Morgan fingerprint density at radius 3 is 2.56 bits per heavy atom. The Balaban J connectivity index is 0.00000408. The molecular formula is C26H35IN6O. The number of hydrogen-bond donors (Lipinski definition) is 3. The van der Waals surface area contributed by atoms with E-state index in [1.54, 1.807) is 6.20 Å². The SMILES string of the molecule is CCNC(=NCc1cccc(NC(=O)C(C)CC)c1)NCc1ccccc1Cn1cccn1.I. The van der Waals surface area contributed by atoms with Crippen LogP contribution in [-0.2, 0) is 24.4 Å². The van der Waals surface area contributed by atoms with Gasteiger partial charge < -0.3 is 16.0 Å². The molecule has 1 heterocycles. The molecule has 3 N–H and O–H groups in total. The normalized spacial score (nSPS) is 11.9. The average Bonchev–Trinajstić information content (AvgIpc) is 3.34. The molecule has 1 atom stereocenters. The fourth-order valence-electron chi connectivity index (χ4n) is 3.34. The Labute approximate surface area is 219 Å². The number of nitrogens with one attached hydrogen (secondary N) is 3. The highest BCUT2D eigenvalue weighted by Crippen LogP contribution is 2.14. The minimum atomic E-state index is -0.00703. The molecule has 0 fully saturated rings. The van der Waals surface area contributed by atoms with Crippen molar-refractivity contribution in [3.8, 4) is 0 Å². The molecule has 0 radical (unpaired) electrons. The molecule has 8 heteroatoms. The third kappa shape index (κ3) is 8.48. The van der Waals surface area contributed by atoms with Crippen LogP contribution in [0.3, 0.4) is 0 Å². The number of hydrogen-bond acceptors (Lipinski definition) is 3. The number of benzene rings is 2. The summed E-state index contributed by atoms with van der Waals surface area (Å²) in [5, 5.41) is 14.0. The van der Waals surface area contributed by atoms with Crippen LogP contribution in [0.5, 0.6) is 0 Å². The first-order valence-electron chi connectivity index (χ1n) is 11.5. The number of nitrogens with zero attached hydrogens (tertiary/aromatic N) is 3. The van der Waals surface area contributed by atoms with Gasteiger partial charge in [0.15, 0.2) is 5.96 Å². The average molecular weight is 575 g/mol. The lowest BCUT2D eigenvalue weighted by Crippen LogP contribution is -2.37. The quantitative estimate of drug-likeness (QED) is 0.185. The summed E-state index contributed by atoms with van der Waals surface area (Å²) in [5.74, 6) is 0.787. The predicted molar refractivity (Wildman–Crippen MR) is 149 cm³/mol. The van der Waals surface area contributed by atoms with Crippen molar-refractivity contribution in [2.24, 2.45) is 10.9 Å². The summed E-state index contributed by atoms with van der Waals surface area (Å²) in [6.07, 6.45) is 4.58. The predicted octanol–water partition coefficient (Wildman–Crippen LogP) is 4.79. The summed E-state index contributed by atoms with van der Waals surface area (Å²) in [5.41, 5.74) is 4.26. The van der Waals surface area contributed by atoms with E-state index in [0.717, 1.165) is 36.7 Å². The second-order valence-electron chi connectivity index (χ2n) is 8.02. The van der Waals surface area contributed by atoms with Crippen LogP contribution in [0.15, 0.2) is 72.0 Å². The third-order valence-electron chi connectivity index (χ3n) is 5.47. The van der Waals surface area contributed by atoms with E-state index in [2.05, 4.69) is 39.2 Å². The van der Waals surface area contributed by atoms with Crippen molar-refractivity contribution in [3.05, 3.63) is 83.7 Å². The molecular weight excluding hydrogens is 539 g/mol. The van der Waals surface area contributed by atoms with Gasteiger partial charge in [-0.1, -0.05) is 50.2 Å². The van der Waals surface area contributed by atoms with Gasteiger partial charge in [0.25, 0.3) is 0 Å². The fourth-order valence-corrected chi connectivity index (χ4v) is 3.34. The van der Waals surface area contributed by atoms with E-state index >= 15 is 0 Å². The zero-order valence-electron chi connectivity index (χ0n) is 20.1. The summed E-state index contributed by atoms with van der Waals surface area (Å²) < 4.78 is 1.92. The molecule has 182 valence electrons. The second kappa shape index (κ2) is 14.4. The van der Waals surface area contributed by atoms with Gasteiger partial charge in [-0.15, -0.1) is 24.0 Å². The first-order chi connectivity index (χ1) is 16.1. The molecule has 1 aromatic heterocycles. The maximum Gasteiger partial charge on any atom is 0.227 e. The van der Waals surface area contributed by atoms with Crippen molar-refractivity contribution in [3.63, 3.8) is 0 Å². The Morgan fingerprint density at radius 1 is 1.06 bits per heavy atom. The Kier molecular flexibility index (Phi) is 11.6. The van der Waals surface area contributed by atoms with E-state index in [9.17, 15) is 4.79 Å². The molecule has 0 saturated carbocycles. The van der Waals surface area contributed by atoms with Gasteiger partial charge in [0.05, 0.1) is 13.1 Å². The number of carbonyl (C=O) groups excluding carboxylic acids is 1. The summed E-state index contributed by atoms with van der Waals surface area (Å²) in [6, 6.07) is 18.1. The zero-order chi connectivity index (χ0) is 23.5. The molecule has 0 aliphatic carbocycles. The van der Waals surface area contributed by atoms with Crippen LogP contribution in [-0.4, -0.2) is 28.2 Å². The number of guanidine groups is 1.